The van der Waals surface area contributed by atoms with E-state index in [-0.39, 0.29) is 12.8 Å². The van der Waals surface area contributed by atoms with Gasteiger partial charge < -0.3 is 19.8 Å². The van der Waals surface area contributed by atoms with Crippen LogP contribution in [0.2, 0.25) is 0 Å². The molecule has 6 heteroatoms. The zero-order chi connectivity index (χ0) is 17.8. The summed E-state index contributed by atoms with van der Waals surface area (Å²) in [6.07, 6.45) is 4.73. The molecular formula is C21H18N4O2. The van der Waals surface area contributed by atoms with Gasteiger partial charge in [0.15, 0.2) is 11.5 Å². The van der Waals surface area contributed by atoms with Crippen molar-refractivity contribution in [2.24, 2.45) is 0 Å². The van der Waals surface area contributed by atoms with Crippen LogP contribution in [0.3, 0.4) is 0 Å². The molecule has 6 rings (SSSR count). The molecule has 1 atom stereocenters. The van der Waals surface area contributed by atoms with Gasteiger partial charge in [0.05, 0.1) is 6.04 Å². The fraction of sp³-hybridized carbons (Fsp3) is 0.190. The van der Waals surface area contributed by atoms with Crippen LogP contribution >= 0.6 is 0 Å². The van der Waals surface area contributed by atoms with E-state index in [2.05, 4.69) is 45.7 Å². The Morgan fingerprint density at radius 3 is 2.96 bits per heavy atom. The van der Waals surface area contributed by atoms with Crippen LogP contribution in [0.5, 0.6) is 11.5 Å². The summed E-state index contributed by atoms with van der Waals surface area (Å²) in [4.78, 5) is 3.64. The third kappa shape index (κ3) is 2.13. The summed E-state index contributed by atoms with van der Waals surface area (Å²) in [5.41, 5.74) is 5.83. The number of rotatable bonds is 2. The third-order valence-corrected chi connectivity index (χ3v) is 5.45. The minimum Gasteiger partial charge on any atom is -0.454 e. The SMILES string of the molecule is c1ccc2c3c([nH]c2c1)C(c1ccc2c(c1-n1cccn1)OCO2)NCC3. The van der Waals surface area contributed by atoms with Crippen molar-refractivity contribution >= 4 is 10.9 Å². The van der Waals surface area contributed by atoms with Crippen LogP contribution in [0.15, 0.2) is 54.9 Å². The number of nitrogens with one attached hydrogen (secondary N) is 2. The number of hydrogen-bond donors (Lipinski definition) is 2. The number of para-hydroxylation sites is 1. The number of aromatic nitrogens is 3. The van der Waals surface area contributed by atoms with Gasteiger partial charge >= 0.3 is 0 Å². The first-order chi connectivity index (χ1) is 13.4. The van der Waals surface area contributed by atoms with E-state index in [1.807, 2.05) is 23.0 Å². The Labute approximate surface area is 155 Å². The van der Waals surface area contributed by atoms with Crippen molar-refractivity contribution < 1.29 is 9.47 Å². The molecule has 6 nitrogen and oxygen atoms in total. The molecule has 4 aromatic rings. The van der Waals surface area contributed by atoms with Crippen molar-refractivity contribution in [3.05, 3.63) is 71.7 Å². The van der Waals surface area contributed by atoms with Crippen molar-refractivity contribution in [3.63, 3.8) is 0 Å². The molecular weight excluding hydrogens is 340 g/mol. The quantitative estimate of drug-likeness (QED) is 0.577. The van der Waals surface area contributed by atoms with E-state index >= 15 is 0 Å². The van der Waals surface area contributed by atoms with Crippen molar-refractivity contribution in [1.82, 2.24) is 20.1 Å². The molecule has 0 bridgehead atoms. The number of hydrogen-bond acceptors (Lipinski definition) is 4. The highest BCUT2D eigenvalue weighted by molar-refractivity contribution is 5.85. The smallest absolute Gasteiger partial charge is 0.231 e. The molecule has 2 N–H and O–H groups in total. The summed E-state index contributed by atoms with van der Waals surface area (Å²) in [5, 5.41) is 9.44. The largest absolute Gasteiger partial charge is 0.454 e. The van der Waals surface area contributed by atoms with Crippen molar-refractivity contribution in [2.45, 2.75) is 12.5 Å². The lowest BCUT2D eigenvalue weighted by molar-refractivity contribution is 0.173. The van der Waals surface area contributed by atoms with Crippen LogP contribution in [0.1, 0.15) is 22.9 Å². The van der Waals surface area contributed by atoms with Gasteiger partial charge in [-0.2, -0.15) is 5.10 Å². The maximum atomic E-state index is 5.81. The van der Waals surface area contributed by atoms with Gasteiger partial charge in [0.25, 0.3) is 0 Å². The summed E-state index contributed by atoms with van der Waals surface area (Å²) in [5.74, 6) is 1.51. The van der Waals surface area contributed by atoms with Crippen LogP contribution in [0.25, 0.3) is 16.6 Å². The van der Waals surface area contributed by atoms with Gasteiger partial charge in [0, 0.05) is 41.1 Å². The van der Waals surface area contributed by atoms with E-state index in [4.69, 9.17) is 9.47 Å². The average Bonchev–Trinajstić information content (AvgIpc) is 3.45. The molecule has 4 heterocycles. The first kappa shape index (κ1) is 14.9. The van der Waals surface area contributed by atoms with Gasteiger partial charge in [-0.25, -0.2) is 4.68 Å². The Bertz CT molecular complexity index is 1150. The van der Waals surface area contributed by atoms with Crippen molar-refractivity contribution in [1.29, 1.82) is 0 Å². The molecule has 2 aliphatic rings. The molecule has 0 saturated carbocycles. The molecule has 0 fully saturated rings. The number of ether oxygens (including phenoxy) is 2. The lowest BCUT2D eigenvalue weighted by Gasteiger charge is -2.27. The molecule has 2 aliphatic heterocycles. The normalized spacial score (nSPS) is 18.0. The van der Waals surface area contributed by atoms with E-state index in [1.165, 1.54) is 22.2 Å². The lowest BCUT2D eigenvalue weighted by Crippen LogP contribution is -2.31. The Hall–Kier alpha value is -3.25. The highest BCUT2D eigenvalue weighted by Crippen LogP contribution is 2.44. The maximum Gasteiger partial charge on any atom is 0.231 e. The fourth-order valence-corrected chi connectivity index (χ4v) is 4.29. The zero-order valence-corrected chi connectivity index (χ0v) is 14.6. The van der Waals surface area contributed by atoms with Gasteiger partial charge in [0.1, 0.15) is 5.69 Å². The molecule has 0 amide bonds. The van der Waals surface area contributed by atoms with Crippen LogP contribution in [-0.2, 0) is 6.42 Å². The monoisotopic (exact) mass is 358 g/mol. The highest BCUT2D eigenvalue weighted by Gasteiger charge is 2.31. The Morgan fingerprint density at radius 2 is 2.04 bits per heavy atom. The first-order valence-electron chi connectivity index (χ1n) is 9.15. The molecule has 2 aromatic carbocycles. The lowest BCUT2D eigenvalue weighted by atomic mass is 9.93. The number of benzene rings is 2. The van der Waals surface area contributed by atoms with Gasteiger partial charge in [-0.05, 0) is 30.2 Å². The second kappa shape index (κ2) is 5.62. The van der Waals surface area contributed by atoms with Crippen LogP contribution in [-0.4, -0.2) is 28.1 Å². The molecule has 134 valence electrons. The van der Waals surface area contributed by atoms with Crippen LogP contribution < -0.4 is 14.8 Å². The van der Waals surface area contributed by atoms with E-state index in [0.717, 1.165) is 35.7 Å². The fourth-order valence-electron chi connectivity index (χ4n) is 4.29. The topological polar surface area (TPSA) is 64.1 Å². The molecule has 2 aromatic heterocycles. The van der Waals surface area contributed by atoms with E-state index < -0.39 is 0 Å². The number of aromatic amines is 1. The average molecular weight is 358 g/mol. The molecule has 0 aliphatic carbocycles. The van der Waals surface area contributed by atoms with Crippen LogP contribution in [0, 0.1) is 0 Å². The second-order valence-electron chi connectivity index (χ2n) is 6.89. The van der Waals surface area contributed by atoms with Gasteiger partial charge in [-0.3, -0.25) is 0 Å². The van der Waals surface area contributed by atoms with Gasteiger partial charge in [0.2, 0.25) is 6.79 Å². The molecule has 0 radical (unpaired) electrons. The standard InChI is InChI=1S/C21H18N4O2/c1-2-5-16-13(4-1)14-8-10-22-18(19(14)24-16)15-6-7-17-21(27-12-26-17)20(15)25-11-3-9-23-25/h1-7,9,11,18,22,24H,8,10,12H2. The first-order valence-corrected chi connectivity index (χ1v) is 9.15. The number of nitrogens with zero attached hydrogens (tertiary/aromatic N) is 2. The Kier molecular flexibility index (Phi) is 3.10. The van der Waals surface area contributed by atoms with E-state index in [9.17, 15) is 0 Å². The number of fused-ring (bicyclic) bond motifs is 4. The summed E-state index contributed by atoms with van der Waals surface area (Å²) >= 11 is 0. The van der Waals surface area contributed by atoms with E-state index in [0.29, 0.717) is 0 Å². The van der Waals surface area contributed by atoms with Crippen molar-refractivity contribution in [3.8, 4) is 17.2 Å². The highest BCUT2D eigenvalue weighted by atomic mass is 16.7. The zero-order valence-electron chi connectivity index (χ0n) is 14.6. The molecule has 1 unspecified atom stereocenters. The van der Waals surface area contributed by atoms with Gasteiger partial charge in [-0.15, -0.1) is 0 Å². The van der Waals surface area contributed by atoms with Gasteiger partial charge in [-0.1, -0.05) is 24.3 Å². The van der Waals surface area contributed by atoms with Crippen LogP contribution in [0.4, 0.5) is 0 Å². The maximum absolute atomic E-state index is 5.81. The minimum absolute atomic E-state index is 0.0369. The predicted octanol–water partition coefficient (Wildman–Crippen LogP) is 3.32. The Balaban J connectivity index is 1.59. The Morgan fingerprint density at radius 1 is 1.07 bits per heavy atom. The molecule has 0 spiro atoms. The summed E-state index contributed by atoms with van der Waals surface area (Å²) < 4.78 is 13.3. The second-order valence-corrected chi connectivity index (χ2v) is 6.89. The summed E-state index contributed by atoms with van der Waals surface area (Å²) in [6.45, 7) is 1.16. The summed E-state index contributed by atoms with van der Waals surface area (Å²) in [7, 11) is 0. The molecule has 0 saturated heterocycles. The molecule has 27 heavy (non-hydrogen) atoms. The number of H-pyrrole nitrogens is 1. The van der Waals surface area contributed by atoms with Crippen molar-refractivity contribution in [2.75, 3.05) is 13.3 Å². The predicted molar refractivity (Wildman–Crippen MR) is 102 cm³/mol. The summed E-state index contributed by atoms with van der Waals surface area (Å²) in [6, 6.07) is 14.6. The minimum atomic E-state index is 0.0369. The van der Waals surface area contributed by atoms with E-state index in [1.54, 1.807) is 6.20 Å². The third-order valence-electron chi connectivity index (χ3n) is 5.45.